The molecule has 0 amide bonds. The van der Waals surface area contributed by atoms with Crippen molar-refractivity contribution in [3.63, 3.8) is 0 Å². The lowest BCUT2D eigenvalue weighted by atomic mass is 9.83. The molecule has 2 aliphatic heterocycles. The normalized spacial score (nSPS) is 29.9. The zero-order valence-corrected chi connectivity index (χ0v) is 27.9. The van der Waals surface area contributed by atoms with Gasteiger partial charge in [0.15, 0.2) is 0 Å². The minimum Gasteiger partial charge on any atom is -0.377 e. The number of aldehydes is 1. The lowest BCUT2D eigenvalue weighted by molar-refractivity contribution is -0.112. The van der Waals surface area contributed by atoms with Crippen LogP contribution in [0.3, 0.4) is 0 Å². The molecule has 3 N–H and O–H groups in total. The lowest BCUT2D eigenvalue weighted by Gasteiger charge is -2.39. The maximum Gasteiger partial charge on any atom is 0.124 e. The summed E-state index contributed by atoms with van der Waals surface area (Å²) in [6.45, 7) is 16.6. The van der Waals surface area contributed by atoms with E-state index in [9.17, 15) is 4.79 Å². The molecule has 0 aromatic rings. The van der Waals surface area contributed by atoms with E-state index in [2.05, 4.69) is 41.1 Å². The predicted molar refractivity (Wildman–Crippen MR) is 180 cm³/mol. The Morgan fingerprint density at radius 3 is 2.02 bits per heavy atom. The van der Waals surface area contributed by atoms with Gasteiger partial charge in [0.05, 0.1) is 26.4 Å². The van der Waals surface area contributed by atoms with Gasteiger partial charge in [0.2, 0.25) is 0 Å². The van der Waals surface area contributed by atoms with Crippen LogP contribution in [0.2, 0.25) is 0 Å². The van der Waals surface area contributed by atoms with Crippen molar-refractivity contribution in [1.29, 1.82) is 0 Å². The molecule has 0 bridgehead atoms. The molecule has 6 atom stereocenters. The monoisotopic (exact) mass is 612 g/mol. The van der Waals surface area contributed by atoms with Crippen molar-refractivity contribution < 1.29 is 14.3 Å². The summed E-state index contributed by atoms with van der Waals surface area (Å²) >= 11 is 0. The van der Waals surface area contributed by atoms with Crippen molar-refractivity contribution in [3.8, 4) is 0 Å². The van der Waals surface area contributed by atoms with Gasteiger partial charge in [-0.25, -0.2) is 0 Å². The van der Waals surface area contributed by atoms with Crippen molar-refractivity contribution in [2.24, 2.45) is 23.7 Å². The second-order valence-corrected chi connectivity index (χ2v) is 12.6. The van der Waals surface area contributed by atoms with Crippen LogP contribution in [0, 0.1) is 23.7 Å². The molecule has 42 heavy (non-hydrogen) atoms. The Morgan fingerprint density at radius 1 is 0.810 bits per heavy atom. The standard InChI is InChI=1S/C17H32N2O.C9H17NO.C8H15NO.ClH/c1-3-11-20-14-15-7-6-10-19(12-15)13-16-8-4-5-9-17(16)18-2;1-2-6-11-8-9-4-3-5-10-7-9;1-9-8-5-3-2-4-7(8)6-10;/h3,15-18H,1,4-14H2,2H3;2,9-10H,1,3-8H2;6-9H,2-5H2,1H3;1H/t15-,16?,17?;9-;;/m00../s1. The smallest absolute Gasteiger partial charge is 0.124 e. The molecule has 4 rings (SSSR count). The molecule has 0 aromatic carbocycles. The van der Waals surface area contributed by atoms with Crippen LogP contribution in [0.5, 0.6) is 0 Å². The summed E-state index contributed by atoms with van der Waals surface area (Å²) in [5, 5.41) is 10.1. The van der Waals surface area contributed by atoms with Gasteiger partial charge in [0.25, 0.3) is 0 Å². The fraction of sp³-hybridized carbons (Fsp3) is 0.853. The van der Waals surface area contributed by atoms with E-state index in [1.165, 1.54) is 96.8 Å². The molecule has 4 unspecified atom stereocenters. The van der Waals surface area contributed by atoms with Crippen LogP contribution in [0.15, 0.2) is 25.3 Å². The van der Waals surface area contributed by atoms with Gasteiger partial charge in [-0.05, 0) is 96.3 Å². The summed E-state index contributed by atoms with van der Waals surface area (Å²) in [5.74, 6) is 2.57. The molecular formula is C34H65ClN4O3. The average Bonchev–Trinajstić information content (AvgIpc) is 3.03. The summed E-state index contributed by atoms with van der Waals surface area (Å²) in [6.07, 6.45) is 20.3. The fourth-order valence-corrected chi connectivity index (χ4v) is 6.97. The SMILES string of the molecule is C=CCOC[C@H]1CCCN(CC2CCCCC2NC)C1.C=CCOC[C@H]1CCCNC1.CNC1CCCCC1C=O.Cl. The Hall–Kier alpha value is -0.800. The number of piperidine rings is 2. The first-order valence-corrected chi connectivity index (χ1v) is 16.7. The maximum absolute atomic E-state index is 10.5. The highest BCUT2D eigenvalue weighted by Crippen LogP contribution is 2.27. The highest BCUT2D eigenvalue weighted by atomic mass is 35.5. The third-order valence-corrected chi connectivity index (χ3v) is 9.32. The number of carbonyl (C=O) groups excluding carboxylic acids is 1. The zero-order chi connectivity index (χ0) is 29.5. The first kappa shape index (κ1) is 39.2. The highest BCUT2D eigenvalue weighted by Gasteiger charge is 2.28. The van der Waals surface area contributed by atoms with E-state index in [0.717, 1.165) is 56.3 Å². The molecule has 246 valence electrons. The quantitative estimate of drug-likeness (QED) is 0.149. The van der Waals surface area contributed by atoms with E-state index in [1.54, 1.807) is 6.08 Å². The molecule has 0 radical (unpaired) electrons. The summed E-state index contributed by atoms with van der Waals surface area (Å²) in [5.41, 5.74) is 0. The molecule has 4 fully saturated rings. The van der Waals surface area contributed by atoms with Gasteiger partial charge in [-0.1, -0.05) is 37.8 Å². The van der Waals surface area contributed by atoms with Gasteiger partial charge in [-0.2, -0.15) is 0 Å². The number of ether oxygens (including phenoxy) is 2. The largest absolute Gasteiger partial charge is 0.377 e. The van der Waals surface area contributed by atoms with Crippen LogP contribution in [0.25, 0.3) is 0 Å². The third kappa shape index (κ3) is 16.3. The van der Waals surface area contributed by atoms with E-state index in [-0.39, 0.29) is 18.3 Å². The van der Waals surface area contributed by atoms with Crippen molar-refractivity contribution >= 4 is 18.7 Å². The van der Waals surface area contributed by atoms with Crippen LogP contribution in [-0.4, -0.2) is 96.5 Å². The molecule has 8 heteroatoms. The summed E-state index contributed by atoms with van der Waals surface area (Å²) in [7, 11) is 4.07. The molecule has 0 aromatic heterocycles. The average molecular weight is 613 g/mol. The van der Waals surface area contributed by atoms with E-state index in [0.29, 0.717) is 19.3 Å². The minimum atomic E-state index is 0. The van der Waals surface area contributed by atoms with E-state index >= 15 is 0 Å². The lowest BCUT2D eigenvalue weighted by Crippen LogP contribution is -2.46. The van der Waals surface area contributed by atoms with Crippen LogP contribution in [0.1, 0.15) is 77.0 Å². The van der Waals surface area contributed by atoms with Crippen molar-refractivity contribution in [3.05, 3.63) is 25.3 Å². The van der Waals surface area contributed by atoms with E-state index in [4.69, 9.17) is 9.47 Å². The molecule has 2 aliphatic carbocycles. The number of hydrogen-bond acceptors (Lipinski definition) is 7. The second kappa shape index (κ2) is 25.5. The Kier molecular flexibility index (Phi) is 23.8. The van der Waals surface area contributed by atoms with Crippen molar-refractivity contribution in [2.45, 2.75) is 89.1 Å². The van der Waals surface area contributed by atoms with E-state index < -0.39 is 0 Å². The van der Waals surface area contributed by atoms with E-state index in [1.807, 2.05) is 13.1 Å². The maximum atomic E-state index is 10.5. The van der Waals surface area contributed by atoms with Crippen LogP contribution < -0.4 is 16.0 Å². The predicted octanol–water partition coefficient (Wildman–Crippen LogP) is 5.25. The Balaban J connectivity index is 0.000000341. The third-order valence-electron chi connectivity index (χ3n) is 9.32. The summed E-state index contributed by atoms with van der Waals surface area (Å²) < 4.78 is 11.0. The second-order valence-electron chi connectivity index (χ2n) is 12.6. The number of rotatable bonds is 13. The summed E-state index contributed by atoms with van der Waals surface area (Å²) in [6, 6.07) is 1.19. The zero-order valence-electron chi connectivity index (χ0n) is 27.0. The van der Waals surface area contributed by atoms with Crippen molar-refractivity contribution in [2.75, 3.05) is 73.2 Å². The minimum absolute atomic E-state index is 0. The molecule has 7 nitrogen and oxygen atoms in total. The highest BCUT2D eigenvalue weighted by molar-refractivity contribution is 5.85. The molecule has 4 aliphatic rings. The van der Waals surface area contributed by atoms with Crippen molar-refractivity contribution in [1.82, 2.24) is 20.9 Å². The molecular weight excluding hydrogens is 548 g/mol. The fourth-order valence-electron chi connectivity index (χ4n) is 6.97. The van der Waals surface area contributed by atoms with Gasteiger partial charge in [-0.15, -0.1) is 25.6 Å². The molecule has 0 spiro atoms. The Morgan fingerprint density at radius 2 is 1.43 bits per heavy atom. The first-order valence-electron chi connectivity index (χ1n) is 16.7. The number of hydrogen-bond donors (Lipinski definition) is 3. The number of carbonyl (C=O) groups is 1. The number of likely N-dealkylation sites (tertiary alicyclic amines) is 1. The van der Waals surface area contributed by atoms with Gasteiger partial charge >= 0.3 is 0 Å². The molecule has 2 saturated heterocycles. The Bertz CT molecular complexity index is 679. The summed E-state index contributed by atoms with van der Waals surface area (Å²) in [4.78, 5) is 13.2. The topological polar surface area (TPSA) is 74.9 Å². The number of halogens is 1. The Labute approximate surface area is 264 Å². The van der Waals surface area contributed by atoms with Gasteiger partial charge in [0, 0.05) is 37.6 Å². The number of nitrogens with one attached hydrogen (secondary N) is 3. The van der Waals surface area contributed by atoms with Crippen LogP contribution in [-0.2, 0) is 14.3 Å². The number of nitrogens with zero attached hydrogens (tertiary/aromatic N) is 1. The van der Waals surface area contributed by atoms with Gasteiger partial charge in [-0.3, -0.25) is 0 Å². The van der Waals surface area contributed by atoms with Gasteiger partial charge < -0.3 is 35.1 Å². The molecule has 2 saturated carbocycles. The van der Waals surface area contributed by atoms with Crippen LogP contribution in [0.4, 0.5) is 0 Å². The molecule has 2 heterocycles. The van der Waals surface area contributed by atoms with Crippen LogP contribution >= 0.6 is 12.4 Å². The first-order chi connectivity index (χ1) is 20.1. The van der Waals surface area contributed by atoms with Gasteiger partial charge in [0.1, 0.15) is 6.29 Å².